The van der Waals surface area contributed by atoms with Gasteiger partial charge in [-0.15, -0.1) is 0 Å². The quantitative estimate of drug-likeness (QED) is 0.751. The van der Waals surface area contributed by atoms with E-state index in [4.69, 9.17) is 4.42 Å². The zero-order chi connectivity index (χ0) is 15.0. The highest BCUT2D eigenvalue weighted by atomic mass is 79.9. The van der Waals surface area contributed by atoms with Crippen molar-refractivity contribution >= 4 is 26.9 Å². The summed E-state index contributed by atoms with van der Waals surface area (Å²) in [7, 11) is 3.93. The van der Waals surface area contributed by atoms with Crippen LogP contribution in [-0.4, -0.2) is 24.1 Å². The Kier molecular flexibility index (Phi) is 3.74. The van der Waals surface area contributed by atoms with Crippen LogP contribution in [0, 0.1) is 0 Å². The summed E-state index contributed by atoms with van der Waals surface area (Å²) in [5.41, 5.74) is 2.64. The molecule has 21 heavy (non-hydrogen) atoms. The second kappa shape index (κ2) is 5.54. The Labute approximate surface area is 131 Å². The average Bonchev–Trinajstić information content (AvgIpc) is 2.89. The van der Waals surface area contributed by atoms with Gasteiger partial charge in [-0.3, -0.25) is 0 Å². The van der Waals surface area contributed by atoms with E-state index in [9.17, 15) is 5.11 Å². The highest BCUT2D eigenvalue weighted by molar-refractivity contribution is 9.10. The normalized spacial score (nSPS) is 11.4. The van der Waals surface area contributed by atoms with Crippen LogP contribution in [0.15, 0.2) is 51.4 Å². The second-order valence-corrected chi connectivity index (χ2v) is 6.12. The van der Waals surface area contributed by atoms with E-state index in [0.29, 0.717) is 11.0 Å². The van der Waals surface area contributed by atoms with Crippen LogP contribution in [-0.2, 0) is 6.54 Å². The third-order valence-electron chi connectivity index (χ3n) is 3.36. The third kappa shape index (κ3) is 2.69. The van der Waals surface area contributed by atoms with Gasteiger partial charge in [0.2, 0.25) is 0 Å². The predicted octanol–water partition coefficient (Wildman–Crippen LogP) is 4.63. The van der Waals surface area contributed by atoms with Crippen molar-refractivity contribution in [3.05, 3.63) is 52.5 Å². The first kappa shape index (κ1) is 14.2. The van der Waals surface area contributed by atoms with Gasteiger partial charge in [0, 0.05) is 23.1 Å². The summed E-state index contributed by atoms with van der Waals surface area (Å²) in [6, 6.07) is 13.8. The summed E-state index contributed by atoms with van der Waals surface area (Å²) in [6.07, 6.45) is 0. The van der Waals surface area contributed by atoms with Crippen LogP contribution in [0.3, 0.4) is 0 Å². The smallest absolute Gasteiger partial charge is 0.136 e. The molecular formula is C17H16BrNO2. The highest BCUT2D eigenvalue weighted by Gasteiger charge is 2.15. The molecule has 0 aliphatic heterocycles. The molecule has 1 heterocycles. The van der Waals surface area contributed by atoms with E-state index in [1.54, 1.807) is 0 Å². The molecule has 0 atom stereocenters. The summed E-state index contributed by atoms with van der Waals surface area (Å²) in [5.74, 6) is 1.07. The molecule has 0 bridgehead atoms. The first-order valence-corrected chi connectivity index (χ1v) is 7.49. The molecule has 1 N–H and O–H groups in total. The number of phenols is 1. The Hall–Kier alpha value is -1.78. The van der Waals surface area contributed by atoms with Gasteiger partial charge < -0.3 is 14.4 Å². The van der Waals surface area contributed by atoms with Gasteiger partial charge in [-0.2, -0.15) is 0 Å². The molecule has 4 heteroatoms. The van der Waals surface area contributed by atoms with E-state index in [0.717, 1.165) is 27.9 Å². The lowest BCUT2D eigenvalue weighted by Gasteiger charge is -2.12. The maximum absolute atomic E-state index is 10.3. The van der Waals surface area contributed by atoms with Gasteiger partial charge in [-0.25, -0.2) is 0 Å². The summed E-state index contributed by atoms with van der Waals surface area (Å²) in [6.45, 7) is 0.655. The van der Waals surface area contributed by atoms with E-state index in [-0.39, 0.29) is 5.75 Å². The molecule has 0 saturated carbocycles. The fourth-order valence-electron chi connectivity index (χ4n) is 2.38. The fourth-order valence-corrected chi connectivity index (χ4v) is 2.95. The van der Waals surface area contributed by atoms with Gasteiger partial charge in [0.1, 0.15) is 17.1 Å². The van der Waals surface area contributed by atoms with E-state index in [2.05, 4.69) is 15.9 Å². The minimum atomic E-state index is 0.275. The number of hydrogen-bond donors (Lipinski definition) is 1. The van der Waals surface area contributed by atoms with Crippen molar-refractivity contribution in [1.29, 1.82) is 0 Å². The molecule has 2 aromatic carbocycles. The van der Waals surface area contributed by atoms with Gasteiger partial charge in [0.25, 0.3) is 0 Å². The van der Waals surface area contributed by atoms with Crippen LogP contribution in [0.1, 0.15) is 5.56 Å². The zero-order valence-corrected chi connectivity index (χ0v) is 13.5. The monoisotopic (exact) mass is 345 g/mol. The number of phenolic OH excluding ortho intramolecular Hbond substituents is 1. The minimum absolute atomic E-state index is 0.275. The van der Waals surface area contributed by atoms with E-state index >= 15 is 0 Å². The van der Waals surface area contributed by atoms with Crippen molar-refractivity contribution in [3.63, 3.8) is 0 Å². The SMILES string of the molecule is CN(C)Cc1cc2oc(-c3ccccc3)cc2c(Br)c1O. The molecular weight excluding hydrogens is 330 g/mol. The lowest BCUT2D eigenvalue weighted by Crippen LogP contribution is -2.10. The summed E-state index contributed by atoms with van der Waals surface area (Å²) in [4.78, 5) is 2.01. The Bertz CT molecular complexity index is 778. The Morgan fingerprint density at radius 3 is 2.52 bits per heavy atom. The van der Waals surface area contributed by atoms with Crippen molar-refractivity contribution in [2.45, 2.75) is 6.54 Å². The lowest BCUT2D eigenvalue weighted by molar-refractivity contribution is 0.385. The zero-order valence-electron chi connectivity index (χ0n) is 11.9. The molecule has 0 amide bonds. The number of aromatic hydroxyl groups is 1. The van der Waals surface area contributed by atoms with E-state index < -0.39 is 0 Å². The molecule has 3 nitrogen and oxygen atoms in total. The molecule has 0 radical (unpaired) electrons. The molecule has 0 saturated heterocycles. The van der Waals surface area contributed by atoms with Crippen LogP contribution in [0.25, 0.3) is 22.3 Å². The van der Waals surface area contributed by atoms with E-state index in [1.807, 2.05) is 61.5 Å². The molecule has 108 valence electrons. The number of hydrogen-bond acceptors (Lipinski definition) is 3. The molecule has 3 rings (SSSR count). The maximum Gasteiger partial charge on any atom is 0.136 e. The fraction of sp³-hybridized carbons (Fsp3) is 0.176. The highest BCUT2D eigenvalue weighted by Crippen LogP contribution is 2.39. The van der Waals surface area contributed by atoms with Gasteiger partial charge in [-0.05, 0) is 42.2 Å². The first-order chi connectivity index (χ1) is 10.1. The van der Waals surface area contributed by atoms with E-state index in [1.165, 1.54) is 0 Å². The van der Waals surface area contributed by atoms with Crippen LogP contribution in [0.2, 0.25) is 0 Å². The summed E-state index contributed by atoms with van der Waals surface area (Å²) in [5, 5.41) is 11.2. The maximum atomic E-state index is 10.3. The summed E-state index contributed by atoms with van der Waals surface area (Å²) < 4.78 is 6.64. The lowest BCUT2D eigenvalue weighted by atomic mass is 10.1. The van der Waals surface area contributed by atoms with Crippen LogP contribution < -0.4 is 0 Å². The Morgan fingerprint density at radius 2 is 1.86 bits per heavy atom. The molecule has 0 unspecified atom stereocenters. The van der Waals surface area contributed by atoms with Crippen LogP contribution in [0.5, 0.6) is 5.75 Å². The van der Waals surface area contributed by atoms with Crippen LogP contribution in [0.4, 0.5) is 0 Å². The van der Waals surface area contributed by atoms with Gasteiger partial charge in [-0.1, -0.05) is 30.3 Å². The number of fused-ring (bicyclic) bond motifs is 1. The molecule has 0 fully saturated rings. The number of nitrogens with zero attached hydrogens (tertiary/aromatic N) is 1. The topological polar surface area (TPSA) is 36.6 Å². The van der Waals surface area contributed by atoms with Crippen molar-refractivity contribution in [1.82, 2.24) is 4.90 Å². The molecule has 0 spiro atoms. The van der Waals surface area contributed by atoms with Crippen LogP contribution >= 0.6 is 15.9 Å². The molecule has 1 aromatic heterocycles. The predicted molar refractivity (Wildman–Crippen MR) is 88.4 cm³/mol. The van der Waals surface area contributed by atoms with Gasteiger partial charge in [0.15, 0.2) is 0 Å². The van der Waals surface area contributed by atoms with Gasteiger partial charge >= 0.3 is 0 Å². The number of furan rings is 1. The third-order valence-corrected chi connectivity index (χ3v) is 4.16. The molecule has 0 aliphatic carbocycles. The Balaban J connectivity index is 2.15. The van der Waals surface area contributed by atoms with Gasteiger partial charge in [0.05, 0.1) is 4.47 Å². The standard InChI is InChI=1S/C17H16BrNO2/c1-19(2)10-12-8-15-13(16(18)17(12)20)9-14(21-15)11-6-4-3-5-7-11/h3-9,20H,10H2,1-2H3. The molecule has 0 aliphatic rings. The summed E-state index contributed by atoms with van der Waals surface area (Å²) >= 11 is 3.48. The van der Waals surface area contributed by atoms with Crippen molar-refractivity contribution in [3.8, 4) is 17.1 Å². The van der Waals surface area contributed by atoms with Crippen molar-refractivity contribution in [2.24, 2.45) is 0 Å². The average molecular weight is 346 g/mol. The largest absolute Gasteiger partial charge is 0.506 e. The minimum Gasteiger partial charge on any atom is -0.506 e. The first-order valence-electron chi connectivity index (χ1n) is 6.70. The van der Waals surface area contributed by atoms with Crippen molar-refractivity contribution < 1.29 is 9.52 Å². The number of rotatable bonds is 3. The number of benzene rings is 2. The van der Waals surface area contributed by atoms with Crippen molar-refractivity contribution in [2.75, 3.05) is 14.1 Å². The molecule has 3 aromatic rings. The second-order valence-electron chi connectivity index (χ2n) is 5.32. The number of halogens is 1. The Morgan fingerprint density at radius 1 is 1.14 bits per heavy atom.